The number of hydrogen-bond donors (Lipinski definition) is 0. The third kappa shape index (κ3) is 4.53. The van der Waals surface area contributed by atoms with Crippen molar-refractivity contribution in [1.82, 2.24) is 4.90 Å². The van der Waals surface area contributed by atoms with E-state index in [9.17, 15) is 4.79 Å². The van der Waals surface area contributed by atoms with Gasteiger partial charge in [-0.3, -0.25) is 4.79 Å². The fourth-order valence-corrected chi connectivity index (χ4v) is 2.19. The van der Waals surface area contributed by atoms with Gasteiger partial charge in [-0.15, -0.1) is 13.2 Å². The summed E-state index contributed by atoms with van der Waals surface area (Å²) in [7, 11) is 1.52. The van der Waals surface area contributed by atoms with Crippen molar-refractivity contribution in [1.29, 1.82) is 0 Å². The molecular formula is C17H22ClNO3. The Morgan fingerprint density at radius 3 is 2.45 bits per heavy atom. The summed E-state index contributed by atoms with van der Waals surface area (Å²) in [5.41, 5.74) is 0.439. The molecule has 22 heavy (non-hydrogen) atoms. The monoisotopic (exact) mass is 323 g/mol. The molecule has 1 rings (SSSR count). The molecule has 0 radical (unpaired) electrons. The van der Waals surface area contributed by atoms with Crippen LogP contribution in [0.5, 0.6) is 11.5 Å². The zero-order chi connectivity index (χ0) is 16.5. The van der Waals surface area contributed by atoms with E-state index in [-0.39, 0.29) is 5.91 Å². The van der Waals surface area contributed by atoms with Gasteiger partial charge in [0, 0.05) is 18.7 Å². The summed E-state index contributed by atoms with van der Waals surface area (Å²) in [4.78, 5) is 14.2. The molecule has 1 amide bonds. The minimum Gasteiger partial charge on any atom is -0.493 e. The minimum atomic E-state index is -0.165. The molecule has 5 heteroatoms. The van der Waals surface area contributed by atoms with Crippen LogP contribution in [0.15, 0.2) is 37.4 Å². The molecule has 0 atom stereocenters. The Morgan fingerprint density at radius 1 is 1.32 bits per heavy atom. The second-order valence-corrected chi connectivity index (χ2v) is 5.03. The van der Waals surface area contributed by atoms with Gasteiger partial charge in [0.15, 0.2) is 11.5 Å². The predicted molar refractivity (Wildman–Crippen MR) is 90.1 cm³/mol. The number of halogens is 1. The number of nitrogens with zero attached hydrogens (tertiary/aromatic N) is 1. The maximum absolute atomic E-state index is 12.5. The van der Waals surface area contributed by atoms with E-state index in [0.717, 1.165) is 6.42 Å². The standard InChI is InChI=1S/C17H22ClNO3/c1-5-8-19(9-6-2)17(20)13-11-14(18)16(22-10-7-3)15(12-13)21-4/h5-6,11-12H,1-2,7-10H2,3-4H3. The van der Waals surface area contributed by atoms with Crippen molar-refractivity contribution in [3.63, 3.8) is 0 Å². The number of carbonyl (C=O) groups is 1. The second kappa shape index (κ2) is 9.15. The van der Waals surface area contributed by atoms with Gasteiger partial charge in [0.25, 0.3) is 5.91 Å². The Morgan fingerprint density at radius 2 is 1.95 bits per heavy atom. The van der Waals surface area contributed by atoms with E-state index in [1.165, 1.54) is 7.11 Å². The molecule has 0 fully saturated rings. The van der Waals surface area contributed by atoms with Crippen molar-refractivity contribution in [3.05, 3.63) is 48.0 Å². The number of methoxy groups -OCH3 is 1. The van der Waals surface area contributed by atoms with Crippen LogP contribution in [0.25, 0.3) is 0 Å². The largest absolute Gasteiger partial charge is 0.493 e. The van der Waals surface area contributed by atoms with Crippen LogP contribution >= 0.6 is 11.6 Å². The van der Waals surface area contributed by atoms with Gasteiger partial charge in [-0.25, -0.2) is 0 Å². The van der Waals surface area contributed by atoms with Crippen LogP contribution in [0.4, 0.5) is 0 Å². The van der Waals surface area contributed by atoms with E-state index in [1.54, 1.807) is 29.2 Å². The lowest BCUT2D eigenvalue weighted by molar-refractivity contribution is 0.0790. The van der Waals surface area contributed by atoms with Crippen molar-refractivity contribution < 1.29 is 14.3 Å². The normalized spacial score (nSPS) is 9.95. The first-order valence-electron chi connectivity index (χ1n) is 7.10. The van der Waals surface area contributed by atoms with Crippen molar-refractivity contribution in [2.45, 2.75) is 13.3 Å². The molecule has 0 aromatic heterocycles. The van der Waals surface area contributed by atoms with E-state index in [0.29, 0.717) is 41.8 Å². The van der Waals surface area contributed by atoms with Crippen LogP contribution in [0.3, 0.4) is 0 Å². The SMILES string of the molecule is C=CCN(CC=C)C(=O)c1cc(Cl)c(OCCC)c(OC)c1. The summed E-state index contributed by atoms with van der Waals surface area (Å²) >= 11 is 6.24. The number of carbonyl (C=O) groups excluding carboxylic acids is 1. The number of ether oxygens (including phenoxy) is 2. The minimum absolute atomic E-state index is 0.165. The van der Waals surface area contributed by atoms with Crippen molar-refractivity contribution in [2.75, 3.05) is 26.8 Å². The fourth-order valence-electron chi connectivity index (χ4n) is 1.92. The molecule has 0 aliphatic heterocycles. The van der Waals surface area contributed by atoms with Gasteiger partial charge in [0.05, 0.1) is 18.7 Å². The smallest absolute Gasteiger partial charge is 0.254 e. The van der Waals surface area contributed by atoms with Gasteiger partial charge >= 0.3 is 0 Å². The number of amides is 1. The summed E-state index contributed by atoms with van der Waals surface area (Å²) in [6.45, 7) is 10.7. The Hall–Kier alpha value is -1.94. The van der Waals surface area contributed by atoms with E-state index in [1.807, 2.05) is 6.92 Å². The van der Waals surface area contributed by atoms with Crippen molar-refractivity contribution in [2.24, 2.45) is 0 Å². The van der Waals surface area contributed by atoms with Gasteiger partial charge in [-0.2, -0.15) is 0 Å². The number of rotatable bonds is 9. The van der Waals surface area contributed by atoms with E-state index >= 15 is 0 Å². The second-order valence-electron chi connectivity index (χ2n) is 4.63. The highest BCUT2D eigenvalue weighted by Crippen LogP contribution is 2.36. The highest BCUT2D eigenvalue weighted by atomic mass is 35.5. The van der Waals surface area contributed by atoms with Gasteiger partial charge < -0.3 is 14.4 Å². The summed E-state index contributed by atoms with van der Waals surface area (Å²) in [5, 5.41) is 0.355. The zero-order valence-corrected chi connectivity index (χ0v) is 13.9. The average Bonchev–Trinajstić information content (AvgIpc) is 2.52. The van der Waals surface area contributed by atoms with Gasteiger partial charge in [0.1, 0.15) is 0 Å². The third-order valence-corrected chi connectivity index (χ3v) is 3.19. The summed E-state index contributed by atoms with van der Waals surface area (Å²) in [6.07, 6.45) is 4.19. The predicted octanol–water partition coefficient (Wildman–Crippen LogP) is 3.95. The van der Waals surface area contributed by atoms with Crippen LogP contribution in [0, 0.1) is 0 Å². The molecule has 1 aromatic carbocycles. The Kier molecular flexibility index (Phi) is 7.54. The van der Waals surface area contributed by atoms with Gasteiger partial charge in [-0.05, 0) is 18.6 Å². The van der Waals surface area contributed by atoms with E-state index in [4.69, 9.17) is 21.1 Å². The molecule has 0 bridgehead atoms. The summed E-state index contributed by atoms with van der Waals surface area (Å²) in [5.74, 6) is 0.741. The summed E-state index contributed by atoms with van der Waals surface area (Å²) in [6, 6.07) is 3.23. The van der Waals surface area contributed by atoms with Crippen LogP contribution < -0.4 is 9.47 Å². The maximum atomic E-state index is 12.5. The lowest BCUT2D eigenvalue weighted by Crippen LogP contribution is -2.31. The number of benzene rings is 1. The van der Waals surface area contributed by atoms with Crippen LogP contribution in [0.1, 0.15) is 23.7 Å². The highest BCUT2D eigenvalue weighted by Gasteiger charge is 2.19. The molecule has 1 aromatic rings. The summed E-state index contributed by atoms with van der Waals surface area (Å²) < 4.78 is 10.9. The van der Waals surface area contributed by atoms with Crippen molar-refractivity contribution in [3.8, 4) is 11.5 Å². The first kappa shape index (κ1) is 18.1. The van der Waals surface area contributed by atoms with E-state index in [2.05, 4.69) is 13.2 Å². The topological polar surface area (TPSA) is 38.8 Å². The lowest BCUT2D eigenvalue weighted by atomic mass is 10.1. The quantitative estimate of drug-likeness (QED) is 0.646. The molecule has 0 heterocycles. The molecule has 120 valence electrons. The number of hydrogen-bond acceptors (Lipinski definition) is 3. The molecular weight excluding hydrogens is 302 g/mol. The Labute approximate surface area is 137 Å². The fraction of sp³-hybridized carbons (Fsp3) is 0.353. The molecule has 0 saturated carbocycles. The highest BCUT2D eigenvalue weighted by molar-refractivity contribution is 6.32. The molecule has 0 N–H and O–H groups in total. The van der Waals surface area contributed by atoms with Gasteiger partial charge in [0.2, 0.25) is 0 Å². The van der Waals surface area contributed by atoms with Crippen molar-refractivity contribution >= 4 is 17.5 Å². The van der Waals surface area contributed by atoms with Crippen LogP contribution in [0.2, 0.25) is 5.02 Å². The third-order valence-electron chi connectivity index (χ3n) is 2.91. The van der Waals surface area contributed by atoms with Gasteiger partial charge in [-0.1, -0.05) is 30.7 Å². The van der Waals surface area contributed by atoms with Crippen LogP contribution in [-0.4, -0.2) is 37.6 Å². The Balaban J connectivity index is 3.14. The van der Waals surface area contributed by atoms with Crippen LogP contribution in [-0.2, 0) is 0 Å². The molecule has 4 nitrogen and oxygen atoms in total. The average molecular weight is 324 g/mol. The molecule has 0 spiro atoms. The Bertz CT molecular complexity index is 533. The van der Waals surface area contributed by atoms with E-state index < -0.39 is 0 Å². The first-order valence-corrected chi connectivity index (χ1v) is 7.48. The first-order chi connectivity index (χ1) is 10.6. The molecule has 0 saturated heterocycles. The molecule has 0 aliphatic rings. The maximum Gasteiger partial charge on any atom is 0.254 e. The molecule has 0 aliphatic carbocycles. The lowest BCUT2D eigenvalue weighted by Gasteiger charge is -2.20. The molecule has 0 unspecified atom stereocenters. The zero-order valence-electron chi connectivity index (χ0n) is 13.1.